The molecule has 1 aromatic heterocycles. The molecule has 6 nitrogen and oxygen atoms in total. The zero-order valence-electron chi connectivity index (χ0n) is 10.6. The quantitative estimate of drug-likeness (QED) is 0.847. The van der Waals surface area contributed by atoms with E-state index in [2.05, 4.69) is 26.4 Å². The van der Waals surface area contributed by atoms with Crippen LogP contribution in [-0.4, -0.2) is 24.0 Å². The lowest BCUT2D eigenvalue weighted by Crippen LogP contribution is -2.20. The highest BCUT2D eigenvalue weighted by Crippen LogP contribution is 2.21. The third-order valence-corrected chi connectivity index (χ3v) is 2.84. The summed E-state index contributed by atoms with van der Waals surface area (Å²) in [4.78, 5) is 22.5. The molecular weight excluding hydrogens is 328 g/mol. The zero-order chi connectivity index (χ0) is 14.5. The number of hydrogen-bond donors (Lipinski definition) is 1. The fraction of sp³-hybridized carbons (Fsp3) is 0.154. The smallest absolute Gasteiger partial charge is 0.264 e. The Balaban J connectivity index is 1.95. The Bertz CT molecular complexity index is 639. The largest absolute Gasteiger partial charge is 0.483 e. The molecule has 104 valence electrons. The van der Waals surface area contributed by atoms with Gasteiger partial charge in [0.05, 0.1) is 11.3 Å². The number of carbonyl (C=O) groups excluding carboxylic acids is 2. The standard InChI is InChI=1S/C13H11BrN2O4/c1-8-4-13(20-16-8)15-12(18)7-19-11-3-2-10(14)5-9(11)6-17/h2-6H,7H2,1H3,(H,15,18). The number of nitrogens with zero attached hydrogens (tertiary/aromatic N) is 1. The van der Waals surface area contributed by atoms with Crippen molar-refractivity contribution in [2.75, 3.05) is 11.9 Å². The zero-order valence-corrected chi connectivity index (χ0v) is 12.1. The Hall–Kier alpha value is -2.15. The van der Waals surface area contributed by atoms with Crippen molar-refractivity contribution in [1.82, 2.24) is 5.16 Å². The number of benzene rings is 1. The summed E-state index contributed by atoms with van der Waals surface area (Å²) in [5.74, 6) is 0.190. The van der Waals surface area contributed by atoms with Gasteiger partial charge in [0.25, 0.3) is 5.91 Å². The number of amides is 1. The predicted molar refractivity (Wildman–Crippen MR) is 74.9 cm³/mol. The number of hydrogen-bond acceptors (Lipinski definition) is 5. The van der Waals surface area contributed by atoms with Crippen LogP contribution in [0, 0.1) is 6.92 Å². The third-order valence-electron chi connectivity index (χ3n) is 2.35. The fourth-order valence-electron chi connectivity index (χ4n) is 1.48. The molecule has 0 aliphatic rings. The van der Waals surface area contributed by atoms with Gasteiger partial charge in [-0.25, -0.2) is 0 Å². The fourth-order valence-corrected chi connectivity index (χ4v) is 1.86. The van der Waals surface area contributed by atoms with E-state index in [9.17, 15) is 9.59 Å². The Kier molecular flexibility index (Phi) is 4.52. The van der Waals surface area contributed by atoms with E-state index in [0.717, 1.165) is 4.47 Å². The number of nitrogens with one attached hydrogen (secondary N) is 1. The van der Waals surface area contributed by atoms with E-state index in [4.69, 9.17) is 9.26 Å². The van der Waals surface area contributed by atoms with Crippen LogP contribution in [0.25, 0.3) is 0 Å². The molecule has 20 heavy (non-hydrogen) atoms. The number of aryl methyl sites for hydroxylation is 1. The molecule has 1 amide bonds. The van der Waals surface area contributed by atoms with E-state index in [1.807, 2.05) is 0 Å². The summed E-state index contributed by atoms with van der Waals surface area (Å²) in [6.07, 6.45) is 0.664. The van der Waals surface area contributed by atoms with Gasteiger partial charge in [0, 0.05) is 10.5 Å². The lowest BCUT2D eigenvalue weighted by Gasteiger charge is -2.08. The number of ether oxygens (including phenoxy) is 1. The van der Waals surface area contributed by atoms with Gasteiger partial charge in [0.1, 0.15) is 5.75 Å². The molecule has 0 fully saturated rings. The van der Waals surface area contributed by atoms with Crippen molar-refractivity contribution in [3.8, 4) is 5.75 Å². The highest BCUT2D eigenvalue weighted by molar-refractivity contribution is 9.10. The van der Waals surface area contributed by atoms with Crippen LogP contribution in [0.4, 0.5) is 5.88 Å². The van der Waals surface area contributed by atoms with E-state index in [-0.39, 0.29) is 12.5 Å². The molecule has 0 saturated carbocycles. The molecule has 1 heterocycles. The van der Waals surface area contributed by atoms with Crippen molar-refractivity contribution in [3.05, 3.63) is 40.0 Å². The second-order valence-corrected chi connectivity index (χ2v) is 4.89. The molecule has 0 unspecified atom stereocenters. The normalized spacial score (nSPS) is 10.1. The summed E-state index contributed by atoms with van der Waals surface area (Å²) in [5.41, 5.74) is 1.03. The van der Waals surface area contributed by atoms with Gasteiger partial charge < -0.3 is 9.26 Å². The second kappa shape index (κ2) is 6.33. The number of aromatic nitrogens is 1. The molecule has 1 N–H and O–H groups in total. The van der Waals surface area contributed by atoms with E-state index in [1.54, 1.807) is 31.2 Å². The summed E-state index contributed by atoms with van der Waals surface area (Å²) in [6.45, 7) is 1.51. The second-order valence-electron chi connectivity index (χ2n) is 3.97. The molecule has 0 atom stereocenters. The molecule has 0 bridgehead atoms. The van der Waals surface area contributed by atoms with Crippen molar-refractivity contribution in [2.45, 2.75) is 6.92 Å². The van der Waals surface area contributed by atoms with Gasteiger partial charge in [-0.1, -0.05) is 21.1 Å². The molecule has 0 spiro atoms. The molecule has 7 heteroatoms. The van der Waals surface area contributed by atoms with Crippen molar-refractivity contribution >= 4 is 34.0 Å². The van der Waals surface area contributed by atoms with Crippen LogP contribution >= 0.6 is 15.9 Å². The predicted octanol–water partition coefficient (Wildman–Crippen LogP) is 2.58. The Morgan fingerprint density at radius 1 is 1.50 bits per heavy atom. The number of rotatable bonds is 5. The number of aldehydes is 1. The Morgan fingerprint density at radius 3 is 2.95 bits per heavy atom. The van der Waals surface area contributed by atoms with E-state index < -0.39 is 5.91 Å². The van der Waals surface area contributed by atoms with Gasteiger partial charge >= 0.3 is 0 Å². The maximum atomic E-state index is 11.6. The molecule has 0 aliphatic heterocycles. The van der Waals surface area contributed by atoms with Crippen molar-refractivity contribution < 1.29 is 18.8 Å². The summed E-state index contributed by atoms with van der Waals surface area (Å²) in [7, 11) is 0. The minimum Gasteiger partial charge on any atom is -0.483 e. The van der Waals surface area contributed by atoms with Crippen LogP contribution < -0.4 is 10.1 Å². The van der Waals surface area contributed by atoms with Crippen molar-refractivity contribution in [2.24, 2.45) is 0 Å². The molecule has 2 aromatic rings. The van der Waals surface area contributed by atoms with Crippen molar-refractivity contribution in [1.29, 1.82) is 0 Å². The van der Waals surface area contributed by atoms with Gasteiger partial charge in [-0.15, -0.1) is 0 Å². The van der Waals surface area contributed by atoms with Crippen LogP contribution in [0.15, 0.2) is 33.3 Å². The van der Waals surface area contributed by atoms with Crippen molar-refractivity contribution in [3.63, 3.8) is 0 Å². The highest BCUT2D eigenvalue weighted by Gasteiger charge is 2.09. The lowest BCUT2D eigenvalue weighted by atomic mass is 10.2. The average molecular weight is 339 g/mol. The summed E-state index contributed by atoms with van der Waals surface area (Å²) < 4.78 is 10.9. The first-order chi connectivity index (χ1) is 9.58. The van der Waals surface area contributed by atoms with Gasteiger partial charge in [0.15, 0.2) is 12.9 Å². The van der Waals surface area contributed by atoms with Crippen LogP contribution in [0.3, 0.4) is 0 Å². The van der Waals surface area contributed by atoms with Gasteiger partial charge in [-0.05, 0) is 25.1 Å². The van der Waals surface area contributed by atoms with Gasteiger partial charge in [0.2, 0.25) is 5.88 Å². The van der Waals surface area contributed by atoms with Gasteiger partial charge in [-0.2, -0.15) is 0 Å². The van der Waals surface area contributed by atoms with E-state index in [1.165, 1.54) is 0 Å². The number of carbonyl (C=O) groups is 2. The molecule has 2 rings (SSSR count). The monoisotopic (exact) mass is 338 g/mol. The van der Waals surface area contributed by atoms with E-state index in [0.29, 0.717) is 23.3 Å². The maximum Gasteiger partial charge on any atom is 0.264 e. The summed E-state index contributed by atoms with van der Waals surface area (Å²) >= 11 is 3.25. The topological polar surface area (TPSA) is 81.4 Å². The van der Waals surface area contributed by atoms with Crippen LogP contribution in [0.5, 0.6) is 5.75 Å². The summed E-state index contributed by atoms with van der Waals surface area (Å²) in [5, 5.41) is 6.13. The minimum absolute atomic E-state index is 0.234. The number of anilines is 1. The third kappa shape index (κ3) is 3.67. The highest BCUT2D eigenvalue weighted by atomic mass is 79.9. The first-order valence-electron chi connectivity index (χ1n) is 5.69. The Labute approximate surface area is 123 Å². The molecule has 0 aliphatic carbocycles. The van der Waals surface area contributed by atoms with Gasteiger partial charge in [-0.3, -0.25) is 14.9 Å². The van der Waals surface area contributed by atoms with Crippen LogP contribution in [-0.2, 0) is 4.79 Å². The van der Waals surface area contributed by atoms with Crippen LogP contribution in [0.2, 0.25) is 0 Å². The number of halogens is 1. The Morgan fingerprint density at radius 2 is 2.30 bits per heavy atom. The lowest BCUT2D eigenvalue weighted by molar-refractivity contribution is -0.118. The molecule has 0 radical (unpaired) electrons. The first-order valence-corrected chi connectivity index (χ1v) is 6.48. The molecule has 0 saturated heterocycles. The van der Waals surface area contributed by atoms with E-state index >= 15 is 0 Å². The van der Waals surface area contributed by atoms with Crippen LogP contribution in [0.1, 0.15) is 16.1 Å². The molecular formula is C13H11BrN2O4. The SMILES string of the molecule is Cc1cc(NC(=O)COc2ccc(Br)cc2C=O)on1. The summed E-state index contributed by atoms with van der Waals surface area (Å²) in [6, 6.07) is 6.54. The average Bonchev–Trinajstić information content (AvgIpc) is 2.82. The maximum absolute atomic E-state index is 11.6. The minimum atomic E-state index is -0.402. The molecule has 1 aromatic carbocycles. The first kappa shape index (κ1) is 14.3.